The summed E-state index contributed by atoms with van der Waals surface area (Å²) in [6.45, 7) is 0.701. The van der Waals surface area contributed by atoms with Crippen LogP contribution in [0.2, 0.25) is 0 Å². The molecule has 1 saturated carbocycles. The number of nitrogens with zero attached hydrogens (tertiary/aromatic N) is 2. The van der Waals surface area contributed by atoms with Crippen LogP contribution in [0.15, 0.2) is 18.2 Å². The number of fused-ring (bicyclic) bond motifs is 1. The highest BCUT2D eigenvalue weighted by atomic mass is 16.6. The van der Waals surface area contributed by atoms with E-state index in [-0.39, 0.29) is 17.3 Å². The number of aromatic carboxylic acids is 1. The topological polar surface area (TPSA) is 83.7 Å². The summed E-state index contributed by atoms with van der Waals surface area (Å²) >= 11 is 0. The SMILES string of the molecule is O=C(O)c1cccc([N+](=O)[O-])c1N1CCCC2CCCC21. The molecule has 2 unspecified atom stereocenters. The molecule has 3 rings (SSSR count). The van der Waals surface area contributed by atoms with Gasteiger partial charge in [-0.25, -0.2) is 4.79 Å². The Morgan fingerprint density at radius 2 is 2.05 bits per heavy atom. The Kier molecular flexibility index (Phi) is 3.53. The third-order valence-electron chi connectivity index (χ3n) is 4.72. The maximum absolute atomic E-state index is 11.5. The fraction of sp³-hybridized carbons (Fsp3) is 0.533. The first-order valence-corrected chi connectivity index (χ1v) is 7.37. The zero-order valence-electron chi connectivity index (χ0n) is 11.7. The van der Waals surface area contributed by atoms with Crippen LogP contribution in [-0.2, 0) is 0 Å². The van der Waals surface area contributed by atoms with E-state index in [0.717, 1.165) is 32.1 Å². The van der Waals surface area contributed by atoms with Gasteiger partial charge in [-0.15, -0.1) is 0 Å². The minimum Gasteiger partial charge on any atom is -0.478 e. The molecule has 2 aliphatic rings. The van der Waals surface area contributed by atoms with Gasteiger partial charge in [-0.05, 0) is 37.7 Å². The Morgan fingerprint density at radius 3 is 2.76 bits per heavy atom. The lowest BCUT2D eigenvalue weighted by molar-refractivity contribution is -0.384. The van der Waals surface area contributed by atoms with Crippen molar-refractivity contribution in [2.24, 2.45) is 5.92 Å². The van der Waals surface area contributed by atoms with Crippen LogP contribution in [-0.4, -0.2) is 28.6 Å². The number of para-hydroxylation sites is 1. The molecule has 21 heavy (non-hydrogen) atoms. The molecule has 6 heteroatoms. The fourth-order valence-corrected chi connectivity index (χ4v) is 3.88. The zero-order valence-corrected chi connectivity index (χ0v) is 11.7. The van der Waals surface area contributed by atoms with Crippen LogP contribution in [0.4, 0.5) is 11.4 Å². The van der Waals surface area contributed by atoms with Gasteiger partial charge in [0.15, 0.2) is 0 Å². The molecule has 0 bridgehead atoms. The highest BCUT2D eigenvalue weighted by molar-refractivity contribution is 5.97. The summed E-state index contributed by atoms with van der Waals surface area (Å²) in [6.07, 6.45) is 5.37. The first kappa shape index (κ1) is 13.9. The number of nitro benzene ring substituents is 1. The largest absolute Gasteiger partial charge is 0.478 e. The second-order valence-corrected chi connectivity index (χ2v) is 5.83. The molecule has 1 saturated heterocycles. The molecule has 2 fully saturated rings. The Balaban J connectivity index is 2.11. The number of hydrogen-bond acceptors (Lipinski definition) is 4. The van der Waals surface area contributed by atoms with E-state index in [1.165, 1.54) is 18.2 Å². The van der Waals surface area contributed by atoms with Gasteiger partial charge < -0.3 is 10.0 Å². The molecule has 0 radical (unpaired) electrons. The van der Waals surface area contributed by atoms with Crippen LogP contribution >= 0.6 is 0 Å². The van der Waals surface area contributed by atoms with Crippen molar-refractivity contribution in [1.82, 2.24) is 0 Å². The van der Waals surface area contributed by atoms with Crippen molar-refractivity contribution >= 4 is 17.3 Å². The summed E-state index contributed by atoms with van der Waals surface area (Å²) in [5.41, 5.74) is 0.241. The Hall–Kier alpha value is -2.11. The van der Waals surface area contributed by atoms with Crippen molar-refractivity contribution in [1.29, 1.82) is 0 Å². The van der Waals surface area contributed by atoms with Crippen molar-refractivity contribution < 1.29 is 14.8 Å². The third kappa shape index (κ3) is 2.34. The molecule has 0 amide bonds. The number of carboxylic acids is 1. The van der Waals surface area contributed by atoms with Gasteiger partial charge in [-0.2, -0.15) is 0 Å². The second kappa shape index (κ2) is 5.35. The lowest BCUT2D eigenvalue weighted by Gasteiger charge is -2.39. The lowest BCUT2D eigenvalue weighted by atomic mass is 9.90. The Morgan fingerprint density at radius 1 is 1.29 bits per heavy atom. The summed E-state index contributed by atoms with van der Waals surface area (Å²) in [4.78, 5) is 24.3. The monoisotopic (exact) mass is 290 g/mol. The maximum atomic E-state index is 11.5. The summed E-state index contributed by atoms with van der Waals surface area (Å²) in [6, 6.07) is 4.56. The average Bonchev–Trinajstić information content (AvgIpc) is 2.94. The van der Waals surface area contributed by atoms with Gasteiger partial charge in [0.25, 0.3) is 5.69 Å². The minimum atomic E-state index is -1.10. The van der Waals surface area contributed by atoms with Crippen molar-refractivity contribution in [3.63, 3.8) is 0 Å². The van der Waals surface area contributed by atoms with E-state index >= 15 is 0 Å². The van der Waals surface area contributed by atoms with Gasteiger partial charge in [0.2, 0.25) is 0 Å². The molecule has 0 spiro atoms. The molecule has 1 aromatic carbocycles. The van der Waals surface area contributed by atoms with Crippen molar-refractivity contribution in [3.05, 3.63) is 33.9 Å². The average molecular weight is 290 g/mol. The molecule has 1 aliphatic heterocycles. The first-order valence-electron chi connectivity index (χ1n) is 7.37. The Bertz CT molecular complexity index is 555. The van der Waals surface area contributed by atoms with Gasteiger partial charge in [0, 0.05) is 18.7 Å². The smallest absolute Gasteiger partial charge is 0.338 e. The van der Waals surface area contributed by atoms with E-state index in [2.05, 4.69) is 0 Å². The zero-order chi connectivity index (χ0) is 15.0. The predicted octanol–water partition coefficient (Wildman–Crippen LogP) is 3.06. The van der Waals surface area contributed by atoms with Gasteiger partial charge >= 0.3 is 5.97 Å². The number of benzene rings is 1. The predicted molar refractivity (Wildman–Crippen MR) is 77.8 cm³/mol. The van der Waals surface area contributed by atoms with Crippen molar-refractivity contribution in [2.75, 3.05) is 11.4 Å². The number of nitro groups is 1. The van der Waals surface area contributed by atoms with E-state index in [9.17, 15) is 20.0 Å². The first-order chi connectivity index (χ1) is 10.1. The van der Waals surface area contributed by atoms with Crippen LogP contribution in [0.3, 0.4) is 0 Å². The van der Waals surface area contributed by atoms with Crippen molar-refractivity contribution in [3.8, 4) is 0 Å². The van der Waals surface area contributed by atoms with E-state index in [4.69, 9.17) is 0 Å². The highest BCUT2D eigenvalue weighted by Crippen LogP contribution is 2.43. The maximum Gasteiger partial charge on any atom is 0.338 e. The van der Waals surface area contributed by atoms with Crippen LogP contribution < -0.4 is 4.90 Å². The van der Waals surface area contributed by atoms with E-state index in [1.54, 1.807) is 0 Å². The molecule has 1 aliphatic carbocycles. The lowest BCUT2D eigenvalue weighted by Crippen LogP contribution is -2.43. The molecule has 1 N–H and O–H groups in total. The van der Waals surface area contributed by atoms with E-state index < -0.39 is 10.9 Å². The number of hydrogen-bond donors (Lipinski definition) is 1. The number of rotatable bonds is 3. The second-order valence-electron chi connectivity index (χ2n) is 5.83. The van der Waals surface area contributed by atoms with Gasteiger partial charge in [0.05, 0.1) is 10.5 Å². The van der Waals surface area contributed by atoms with Crippen LogP contribution in [0, 0.1) is 16.0 Å². The molecule has 1 aromatic rings. The summed E-state index contributed by atoms with van der Waals surface area (Å²) in [7, 11) is 0. The molecule has 1 heterocycles. The summed E-state index contributed by atoms with van der Waals surface area (Å²) < 4.78 is 0. The quantitative estimate of drug-likeness (QED) is 0.683. The minimum absolute atomic E-state index is 0.0387. The fourth-order valence-electron chi connectivity index (χ4n) is 3.88. The van der Waals surface area contributed by atoms with Gasteiger partial charge in [-0.1, -0.05) is 12.5 Å². The standard InChI is InChI=1S/C15H18N2O4/c18-15(19)11-6-2-8-13(17(20)21)14(11)16-9-3-5-10-4-1-7-12(10)16/h2,6,8,10,12H,1,3-5,7,9H2,(H,18,19). The Labute approximate surface area is 122 Å². The van der Waals surface area contributed by atoms with Crippen molar-refractivity contribution in [2.45, 2.75) is 38.1 Å². The van der Waals surface area contributed by atoms with Crippen LogP contribution in [0.25, 0.3) is 0 Å². The van der Waals surface area contributed by atoms with E-state index in [1.807, 2.05) is 4.90 Å². The molecular weight excluding hydrogens is 272 g/mol. The van der Waals surface area contributed by atoms with Crippen LogP contribution in [0.1, 0.15) is 42.5 Å². The number of anilines is 1. The number of piperidine rings is 1. The summed E-state index contributed by atoms with van der Waals surface area (Å²) in [5.74, 6) is -0.561. The molecule has 2 atom stereocenters. The van der Waals surface area contributed by atoms with E-state index in [0.29, 0.717) is 18.2 Å². The van der Waals surface area contributed by atoms with Gasteiger partial charge in [0.1, 0.15) is 5.69 Å². The van der Waals surface area contributed by atoms with Gasteiger partial charge in [-0.3, -0.25) is 10.1 Å². The molecule has 6 nitrogen and oxygen atoms in total. The normalized spacial score (nSPS) is 24.7. The van der Waals surface area contributed by atoms with Crippen LogP contribution in [0.5, 0.6) is 0 Å². The summed E-state index contributed by atoms with van der Waals surface area (Å²) in [5, 5.41) is 20.7. The highest BCUT2D eigenvalue weighted by Gasteiger charge is 2.39. The molecule has 0 aromatic heterocycles. The number of carbonyl (C=O) groups is 1. The molecule has 112 valence electrons. The third-order valence-corrected chi connectivity index (χ3v) is 4.72. The molecular formula is C15H18N2O4. The number of carboxylic acid groups (broad SMARTS) is 1.